The van der Waals surface area contributed by atoms with Crippen LogP contribution in [0.2, 0.25) is 0 Å². The third kappa shape index (κ3) is 5.10. The molecule has 0 bridgehead atoms. The Balaban J connectivity index is 1.59. The van der Waals surface area contributed by atoms with Gasteiger partial charge in [0.1, 0.15) is 5.75 Å². The van der Waals surface area contributed by atoms with Crippen molar-refractivity contribution in [3.8, 4) is 5.75 Å². The van der Waals surface area contributed by atoms with Crippen LogP contribution in [0.3, 0.4) is 0 Å². The molecule has 0 radical (unpaired) electrons. The molecule has 1 fully saturated rings. The van der Waals surface area contributed by atoms with Gasteiger partial charge in [-0.3, -0.25) is 0 Å². The molecule has 0 spiro atoms. The number of cyclic esters (lactones) is 2. The minimum atomic E-state index is -1.25. The Bertz CT molecular complexity index is 836. The van der Waals surface area contributed by atoms with Crippen LogP contribution < -0.4 is 10.1 Å². The zero-order valence-corrected chi connectivity index (χ0v) is 15.2. The summed E-state index contributed by atoms with van der Waals surface area (Å²) in [5.41, 5.74) is 1.68. The molecule has 140 valence electrons. The number of nitrogens with one attached hydrogen (secondary N) is 1. The normalized spacial score (nSPS) is 15.6. The lowest BCUT2D eigenvalue weighted by molar-refractivity contribution is -0.222. The van der Waals surface area contributed by atoms with Crippen LogP contribution in [0, 0.1) is 0 Å². The van der Waals surface area contributed by atoms with E-state index in [1.165, 1.54) is 25.6 Å². The van der Waals surface area contributed by atoms with Crippen molar-refractivity contribution < 1.29 is 23.8 Å². The maximum Gasteiger partial charge on any atom is 0.350 e. The molecule has 1 saturated heterocycles. The summed E-state index contributed by atoms with van der Waals surface area (Å²) in [5.74, 6) is -2.01. The van der Waals surface area contributed by atoms with E-state index in [1.54, 1.807) is 12.1 Å². The van der Waals surface area contributed by atoms with Gasteiger partial charge in [0, 0.05) is 38.2 Å². The second kappa shape index (κ2) is 7.95. The smallest absolute Gasteiger partial charge is 0.350 e. The van der Waals surface area contributed by atoms with Crippen molar-refractivity contribution in [1.82, 2.24) is 0 Å². The number of benzene rings is 2. The van der Waals surface area contributed by atoms with Gasteiger partial charge in [-0.1, -0.05) is 36.4 Å². The fourth-order valence-corrected chi connectivity index (χ4v) is 2.54. The molecule has 0 aliphatic carbocycles. The van der Waals surface area contributed by atoms with Gasteiger partial charge in [0.2, 0.25) is 0 Å². The monoisotopic (exact) mass is 367 g/mol. The van der Waals surface area contributed by atoms with Gasteiger partial charge in [-0.25, -0.2) is 9.59 Å². The van der Waals surface area contributed by atoms with Gasteiger partial charge in [-0.15, -0.1) is 0 Å². The molecule has 1 aliphatic rings. The lowest BCUT2D eigenvalue weighted by Crippen LogP contribution is -2.42. The topological polar surface area (TPSA) is 73.9 Å². The van der Waals surface area contributed by atoms with Crippen LogP contribution in [0.25, 0.3) is 0 Å². The van der Waals surface area contributed by atoms with Crippen molar-refractivity contribution in [2.45, 2.75) is 26.1 Å². The molecule has 6 nitrogen and oxygen atoms in total. The van der Waals surface area contributed by atoms with Crippen molar-refractivity contribution in [3.05, 3.63) is 71.9 Å². The van der Waals surface area contributed by atoms with Gasteiger partial charge in [-0.05, 0) is 17.7 Å². The van der Waals surface area contributed by atoms with Crippen molar-refractivity contribution in [1.29, 1.82) is 0 Å². The van der Waals surface area contributed by atoms with Crippen LogP contribution in [0.15, 0.2) is 66.4 Å². The summed E-state index contributed by atoms with van der Waals surface area (Å²) in [6, 6.07) is 17.3. The molecule has 1 heterocycles. The molecular formula is C21H21NO5. The highest BCUT2D eigenvalue weighted by atomic mass is 16.7. The van der Waals surface area contributed by atoms with E-state index in [4.69, 9.17) is 14.2 Å². The van der Waals surface area contributed by atoms with Gasteiger partial charge in [0.25, 0.3) is 5.79 Å². The van der Waals surface area contributed by atoms with Crippen LogP contribution in [-0.4, -0.2) is 24.3 Å². The predicted molar refractivity (Wildman–Crippen MR) is 100 cm³/mol. The summed E-state index contributed by atoms with van der Waals surface area (Å²) >= 11 is 0. The molecule has 6 heteroatoms. The highest BCUT2D eigenvalue weighted by molar-refractivity contribution is 6.15. The second-order valence-corrected chi connectivity index (χ2v) is 6.49. The largest absolute Gasteiger partial charge is 0.493 e. The van der Waals surface area contributed by atoms with Gasteiger partial charge in [0.15, 0.2) is 5.57 Å². The standard InChI is InChI=1S/C21H21NO5/c1-21(2)26-19(23)18(20(24)27-21)14-22-16-9-6-10-17(13-16)25-12-11-15-7-4-3-5-8-15/h3-10,13-14,22H,11-12H2,1-2H3. The molecule has 2 aromatic rings. The molecule has 0 saturated carbocycles. The summed E-state index contributed by atoms with van der Waals surface area (Å²) in [7, 11) is 0. The van der Waals surface area contributed by atoms with Crippen LogP contribution in [0.1, 0.15) is 19.4 Å². The van der Waals surface area contributed by atoms with Gasteiger partial charge in [0.05, 0.1) is 6.61 Å². The first-order valence-electron chi connectivity index (χ1n) is 8.63. The summed E-state index contributed by atoms with van der Waals surface area (Å²) in [5, 5.41) is 2.91. The van der Waals surface area contributed by atoms with E-state index in [0.29, 0.717) is 18.0 Å². The number of carbonyl (C=O) groups excluding carboxylic acids is 2. The Hall–Kier alpha value is -3.28. The molecule has 2 aromatic carbocycles. The van der Waals surface area contributed by atoms with Crippen molar-refractivity contribution in [2.24, 2.45) is 0 Å². The van der Waals surface area contributed by atoms with E-state index in [2.05, 4.69) is 17.4 Å². The maximum atomic E-state index is 11.9. The van der Waals surface area contributed by atoms with Gasteiger partial charge >= 0.3 is 11.9 Å². The highest BCUT2D eigenvalue weighted by Gasteiger charge is 2.38. The lowest BCUT2D eigenvalue weighted by atomic mass is 10.2. The van der Waals surface area contributed by atoms with Crippen molar-refractivity contribution in [2.75, 3.05) is 11.9 Å². The number of hydrogen-bond donors (Lipinski definition) is 1. The predicted octanol–water partition coefficient (Wildman–Crippen LogP) is 3.44. The third-order valence-corrected chi connectivity index (χ3v) is 3.84. The molecule has 1 N–H and O–H groups in total. The van der Waals surface area contributed by atoms with Crippen LogP contribution in [0.4, 0.5) is 5.69 Å². The Labute approximate surface area is 157 Å². The average Bonchev–Trinajstić information content (AvgIpc) is 2.61. The van der Waals surface area contributed by atoms with E-state index in [1.807, 2.05) is 30.3 Å². The molecule has 0 amide bonds. The lowest BCUT2D eigenvalue weighted by Gasteiger charge is -2.29. The summed E-state index contributed by atoms with van der Waals surface area (Å²) in [6.07, 6.45) is 2.08. The van der Waals surface area contributed by atoms with E-state index in [9.17, 15) is 9.59 Å². The first-order chi connectivity index (χ1) is 12.9. The summed E-state index contributed by atoms with van der Waals surface area (Å²) in [6.45, 7) is 3.55. The highest BCUT2D eigenvalue weighted by Crippen LogP contribution is 2.23. The Morgan fingerprint density at radius 1 is 1.00 bits per heavy atom. The number of esters is 2. The molecule has 0 aromatic heterocycles. The minimum Gasteiger partial charge on any atom is -0.493 e. The Kier molecular flexibility index (Phi) is 5.45. The minimum absolute atomic E-state index is 0.190. The molecule has 0 atom stereocenters. The Morgan fingerprint density at radius 3 is 2.41 bits per heavy atom. The first-order valence-corrected chi connectivity index (χ1v) is 8.63. The van der Waals surface area contributed by atoms with Crippen LogP contribution in [0.5, 0.6) is 5.75 Å². The number of carbonyl (C=O) groups is 2. The molecule has 1 aliphatic heterocycles. The van der Waals surface area contributed by atoms with Crippen molar-refractivity contribution >= 4 is 17.6 Å². The number of hydrogen-bond acceptors (Lipinski definition) is 6. The average molecular weight is 367 g/mol. The van der Waals surface area contributed by atoms with E-state index in [0.717, 1.165) is 6.42 Å². The van der Waals surface area contributed by atoms with E-state index < -0.39 is 17.7 Å². The van der Waals surface area contributed by atoms with Crippen LogP contribution in [-0.2, 0) is 25.5 Å². The zero-order chi connectivity index (χ0) is 19.3. The fraction of sp³-hybridized carbons (Fsp3) is 0.238. The Morgan fingerprint density at radius 2 is 1.70 bits per heavy atom. The molecule has 3 rings (SSSR count). The molecular weight excluding hydrogens is 346 g/mol. The van der Waals surface area contributed by atoms with Crippen molar-refractivity contribution in [3.63, 3.8) is 0 Å². The summed E-state index contributed by atoms with van der Waals surface area (Å²) in [4.78, 5) is 23.9. The fourth-order valence-electron chi connectivity index (χ4n) is 2.54. The van der Waals surface area contributed by atoms with Gasteiger partial charge < -0.3 is 19.5 Å². The number of rotatable bonds is 6. The summed E-state index contributed by atoms with van der Waals surface area (Å²) < 4.78 is 15.9. The third-order valence-electron chi connectivity index (χ3n) is 3.84. The van der Waals surface area contributed by atoms with E-state index >= 15 is 0 Å². The molecule has 0 unspecified atom stereocenters. The maximum absolute atomic E-state index is 11.9. The van der Waals surface area contributed by atoms with E-state index in [-0.39, 0.29) is 5.57 Å². The van der Waals surface area contributed by atoms with Crippen LogP contribution >= 0.6 is 0 Å². The quantitative estimate of drug-likeness (QED) is 0.479. The number of anilines is 1. The first kappa shape index (κ1) is 18.5. The molecule has 27 heavy (non-hydrogen) atoms. The number of ether oxygens (including phenoxy) is 3. The van der Waals surface area contributed by atoms with Gasteiger partial charge in [-0.2, -0.15) is 0 Å². The SMILES string of the molecule is CC1(C)OC(=O)C(=CNc2cccc(OCCc3ccccc3)c2)C(=O)O1. The second-order valence-electron chi connectivity index (χ2n) is 6.49. The zero-order valence-electron chi connectivity index (χ0n) is 15.2.